The van der Waals surface area contributed by atoms with Gasteiger partial charge in [-0.25, -0.2) is 5.84 Å². The molecule has 3 N–H and O–H groups in total. The zero-order chi connectivity index (χ0) is 10.7. The molecule has 2 aliphatic rings. The Hall–Kier alpha value is -0.650. The minimum atomic E-state index is -0.0413. The van der Waals surface area contributed by atoms with Gasteiger partial charge in [0, 0.05) is 5.92 Å². The number of carbonyl (C=O) groups is 1. The first-order valence-corrected chi connectivity index (χ1v) is 5.53. The Kier molecular flexibility index (Phi) is 3.56. The lowest BCUT2D eigenvalue weighted by Gasteiger charge is -2.34. The van der Waals surface area contributed by atoms with Gasteiger partial charge in [0.15, 0.2) is 0 Å². The molecule has 0 spiro atoms. The second kappa shape index (κ2) is 4.92. The van der Waals surface area contributed by atoms with E-state index in [9.17, 15) is 4.79 Å². The molecule has 5 nitrogen and oxygen atoms in total. The largest absolute Gasteiger partial charge is 0.376 e. The third kappa shape index (κ3) is 2.68. The van der Waals surface area contributed by atoms with E-state index in [1.54, 1.807) is 0 Å². The van der Waals surface area contributed by atoms with Gasteiger partial charge in [-0.3, -0.25) is 10.2 Å². The lowest BCUT2D eigenvalue weighted by molar-refractivity contribution is -0.162. The lowest BCUT2D eigenvalue weighted by atomic mass is 9.87. The number of hydrogen-bond acceptors (Lipinski definition) is 4. The highest BCUT2D eigenvalue weighted by Gasteiger charge is 2.29. The average molecular weight is 214 g/mol. The summed E-state index contributed by atoms with van der Waals surface area (Å²) in [4.78, 5) is 11.3. The summed E-state index contributed by atoms with van der Waals surface area (Å²) in [6.45, 7) is 1.45. The van der Waals surface area contributed by atoms with Crippen LogP contribution in [0.25, 0.3) is 0 Å². The summed E-state index contributed by atoms with van der Waals surface area (Å²) in [7, 11) is 0. The van der Waals surface area contributed by atoms with Crippen LogP contribution >= 0.6 is 0 Å². The first kappa shape index (κ1) is 10.9. The van der Waals surface area contributed by atoms with E-state index >= 15 is 0 Å². The molecule has 5 heteroatoms. The second-order valence-electron chi connectivity index (χ2n) is 4.28. The van der Waals surface area contributed by atoms with Crippen LogP contribution in [0.1, 0.15) is 25.7 Å². The summed E-state index contributed by atoms with van der Waals surface area (Å²) < 4.78 is 10.8. The van der Waals surface area contributed by atoms with Gasteiger partial charge in [-0.15, -0.1) is 0 Å². The summed E-state index contributed by atoms with van der Waals surface area (Å²) in [5.41, 5.74) is 2.21. The third-order valence-electron chi connectivity index (χ3n) is 3.18. The van der Waals surface area contributed by atoms with Crippen LogP contribution in [0.4, 0.5) is 0 Å². The number of carbonyl (C=O) groups excluding carboxylic acids is 1. The topological polar surface area (TPSA) is 73.6 Å². The number of rotatable bonds is 3. The van der Waals surface area contributed by atoms with E-state index in [0.717, 1.165) is 38.9 Å². The minimum absolute atomic E-state index is 0.0413. The van der Waals surface area contributed by atoms with Crippen LogP contribution in [0.2, 0.25) is 0 Å². The van der Waals surface area contributed by atoms with Gasteiger partial charge >= 0.3 is 0 Å². The molecule has 1 saturated carbocycles. The highest BCUT2D eigenvalue weighted by molar-refractivity contribution is 5.77. The van der Waals surface area contributed by atoms with Crippen molar-refractivity contribution in [3.63, 3.8) is 0 Å². The number of hydrogen-bond donors (Lipinski definition) is 2. The molecule has 0 aromatic heterocycles. The van der Waals surface area contributed by atoms with Crippen molar-refractivity contribution in [2.75, 3.05) is 13.2 Å². The first-order chi connectivity index (χ1) is 7.29. The summed E-state index contributed by atoms with van der Waals surface area (Å²) in [5, 5.41) is 0. The smallest absolute Gasteiger partial charge is 0.236 e. The van der Waals surface area contributed by atoms with Crippen LogP contribution < -0.4 is 11.3 Å². The summed E-state index contributed by atoms with van der Waals surface area (Å²) in [6, 6.07) is 0. The Morgan fingerprint density at radius 3 is 2.33 bits per heavy atom. The van der Waals surface area contributed by atoms with E-state index in [4.69, 9.17) is 15.3 Å². The molecule has 2 rings (SSSR count). The number of ether oxygens (including phenoxy) is 2. The highest BCUT2D eigenvalue weighted by atomic mass is 16.6. The van der Waals surface area contributed by atoms with Crippen molar-refractivity contribution >= 4 is 5.91 Å². The van der Waals surface area contributed by atoms with Gasteiger partial charge in [-0.1, -0.05) is 0 Å². The van der Waals surface area contributed by atoms with Crippen molar-refractivity contribution in [3.8, 4) is 0 Å². The van der Waals surface area contributed by atoms with Crippen LogP contribution in [-0.4, -0.2) is 31.3 Å². The Morgan fingerprint density at radius 2 is 1.87 bits per heavy atom. The predicted octanol–water partition coefficient (Wildman–Crippen LogP) is -0.0495. The van der Waals surface area contributed by atoms with E-state index in [2.05, 4.69) is 5.43 Å². The first-order valence-electron chi connectivity index (χ1n) is 5.53. The van der Waals surface area contributed by atoms with Gasteiger partial charge in [0.1, 0.15) is 6.10 Å². The molecule has 15 heavy (non-hydrogen) atoms. The second-order valence-corrected chi connectivity index (χ2v) is 4.28. The monoisotopic (exact) mass is 214 g/mol. The zero-order valence-electron chi connectivity index (χ0n) is 8.78. The molecule has 0 atom stereocenters. The number of hydrazine groups is 1. The van der Waals surface area contributed by atoms with Crippen molar-refractivity contribution in [2.45, 2.75) is 37.9 Å². The maximum Gasteiger partial charge on any atom is 0.236 e. The molecule has 1 aliphatic carbocycles. The standard InChI is InChI=1S/C10H18N2O3/c11-12-10(13)7-1-3-8(4-2-7)15-9-5-14-6-9/h7-9H,1-6,11H2,(H,12,13). The van der Waals surface area contributed by atoms with Gasteiger partial charge in [0.05, 0.1) is 19.3 Å². The summed E-state index contributed by atoms with van der Waals surface area (Å²) in [6.07, 6.45) is 4.25. The molecule has 0 bridgehead atoms. The lowest BCUT2D eigenvalue weighted by Crippen LogP contribution is -2.42. The van der Waals surface area contributed by atoms with Crippen molar-refractivity contribution in [2.24, 2.45) is 11.8 Å². The van der Waals surface area contributed by atoms with Gasteiger partial charge < -0.3 is 9.47 Å². The van der Waals surface area contributed by atoms with Crippen molar-refractivity contribution in [1.29, 1.82) is 0 Å². The van der Waals surface area contributed by atoms with Crippen molar-refractivity contribution in [1.82, 2.24) is 5.43 Å². The fourth-order valence-electron chi connectivity index (χ4n) is 2.14. The highest BCUT2D eigenvalue weighted by Crippen LogP contribution is 2.27. The summed E-state index contributed by atoms with van der Waals surface area (Å²) in [5.74, 6) is 5.14. The molecule has 0 radical (unpaired) electrons. The molecule has 0 unspecified atom stereocenters. The Bertz CT molecular complexity index is 223. The molecular formula is C10H18N2O3. The Morgan fingerprint density at radius 1 is 1.20 bits per heavy atom. The van der Waals surface area contributed by atoms with Crippen LogP contribution in [0.15, 0.2) is 0 Å². The minimum Gasteiger partial charge on any atom is -0.376 e. The molecule has 1 heterocycles. The van der Waals surface area contributed by atoms with E-state index < -0.39 is 0 Å². The predicted molar refractivity (Wildman–Crippen MR) is 53.8 cm³/mol. The Labute approximate surface area is 89.3 Å². The van der Waals surface area contributed by atoms with Crippen molar-refractivity contribution in [3.05, 3.63) is 0 Å². The van der Waals surface area contributed by atoms with E-state index in [0.29, 0.717) is 6.10 Å². The third-order valence-corrected chi connectivity index (χ3v) is 3.18. The van der Waals surface area contributed by atoms with Gasteiger partial charge in [0.2, 0.25) is 5.91 Å². The van der Waals surface area contributed by atoms with Gasteiger partial charge in [-0.2, -0.15) is 0 Å². The number of nitrogens with one attached hydrogen (secondary N) is 1. The number of nitrogens with two attached hydrogens (primary N) is 1. The maximum atomic E-state index is 11.3. The molecule has 1 amide bonds. The molecule has 0 aromatic rings. The van der Waals surface area contributed by atoms with E-state index in [1.165, 1.54) is 0 Å². The Balaban J connectivity index is 1.69. The maximum absolute atomic E-state index is 11.3. The van der Waals surface area contributed by atoms with Gasteiger partial charge in [-0.05, 0) is 25.7 Å². The fraction of sp³-hybridized carbons (Fsp3) is 0.900. The normalized spacial score (nSPS) is 32.1. The van der Waals surface area contributed by atoms with Gasteiger partial charge in [0.25, 0.3) is 0 Å². The molecule has 2 fully saturated rings. The van der Waals surface area contributed by atoms with Crippen LogP contribution in [0.3, 0.4) is 0 Å². The van der Waals surface area contributed by atoms with Crippen LogP contribution in [-0.2, 0) is 14.3 Å². The van der Waals surface area contributed by atoms with Crippen LogP contribution in [0, 0.1) is 5.92 Å². The molecule has 1 saturated heterocycles. The molecule has 1 aliphatic heterocycles. The SMILES string of the molecule is NNC(=O)C1CCC(OC2COC2)CC1. The zero-order valence-corrected chi connectivity index (χ0v) is 8.78. The average Bonchev–Trinajstić information content (AvgIpc) is 2.23. The molecule has 0 aromatic carbocycles. The van der Waals surface area contributed by atoms with E-state index in [1.807, 2.05) is 0 Å². The molecule has 86 valence electrons. The van der Waals surface area contributed by atoms with E-state index in [-0.39, 0.29) is 17.9 Å². The summed E-state index contributed by atoms with van der Waals surface area (Å²) >= 11 is 0. The van der Waals surface area contributed by atoms with Crippen molar-refractivity contribution < 1.29 is 14.3 Å². The number of amides is 1. The fourth-order valence-corrected chi connectivity index (χ4v) is 2.14. The quantitative estimate of drug-likeness (QED) is 0.392. The van der Waals surface area contributed by atoms with Crippen LogP contribution in [0.5, 0.6) is 0 Å². The molecular weight excluding hydrogens is 196 g/mol.